The number of nitrogens with zero attached hydrogens (tertiary/aromatic N) is 1. The largest absolute Gasteiger partial charge is 0.307 e. The maximum Gasteiger partial charge on any atom is 0.0926 e. The zero-order chi connectivity index (χ0) is 11.4. The normalized spacial score (nSPS) is 10.2. The Labute approximate surface area is 124 Å². The van der Waals surface area contributed by atoms with E-state index in [0.29, 0.717) is 0 Å². The summed E-state index contributed by atoms with van der Waals surface area (Å²) in [4.78, 5) is 4.51. The highest BCUT2D eigenvalue weighted by Gasteiger charge is 2.00. The van der Waals surface area contributed by atoms with Crippen LogP contribution in [0.3, 0.4) is 0 Å². The molecule has 2 heterocycles. The summed E-state index contributed by atoms with van der Waals surface area (Å²) in [5.74, 6) is 0. The van der Waals surface area contributed by atoms with Gasteiger partial charge in [0.2, 0.25) is 0 Å². The first kappa shape index (κ1) is 15.1. The minimum atomic E-state index is 0. The first-order valence-corrected chi connectivity index (χ1v) is 7.70. The number of aromatic nitrogens is 1. The molecular weight excluding hydrogens is 340 g/mol. The Morgan fingerprint density at radius 3 is 2.71 bits per heavy atom. The summed E-state index contributed by atoms with van der Waals surface area (Å²) in [6, 6.07) is 2.15. The van der Waals surface area contributed by atoms with Gasteiger partial charge in [0.1, 0.15) is 0 Å². The van der Waals surface area contributed by atoms with Crippen molar-refractivity contribution in [2.45, 2.75) is 26.4 Å². The van der Waals surface area contributed by atoms with Gasteiger partial charge in [-0.25, -0.2) is 4.98 Å². The molecule has 2 aromatic heterocycles. The van der Waals surface area contributed by atoms with Crippen LogP contribution in [-0.2, 0) is 19.5 Å². The highest BCUT2D eigenvalue weighted by atomic mass is 79.9. The van der Waals surface area contributed by atoms with Gasteiger partial charge < -0.3 is 5.32 Å². The number of nitrogens with one attached hydrogen (secondary N) is 1. The van der Waals surface area contributed by atoms with Gasteiger partial charge in [-0.2, -0.15) is 0 Å². The number of rotatable bonds is 5. The predicted octanol–water partition coefficient (Wildman–Crippen LogP) is 4.24. The predicted molar refractivity (Wildman–Crippen MR) is 81.3 cm³/mol. The molecule has 0 spiro atoms. The Hall–Kier alpha value is 0.0600. The van der Waals surface area contributed by atoms with E-state index in [9.17, 15) is 0 Å². The van der Waals surface area contributed by atoms with Crippen LogP contribution < -0.4 is 5.32 Å². The van der Waals surface area contributed by atoms with Gasteiger partial charge in [-0.15, -0.1) is 35.1 Å². The fourth-order valence-corrected chi connectivity index (χ4v) is 3.32. The van der Waals surface area contributed by atoms with Crippen molar-refractivity contribution in [2.24, 2.45) is 0 Å². The Bertz CT molecular complexity index is 456. The summed E-state index contributed by atoms with van der Waals surface area (Å²) >= 11 is 6.93. The summed E-state index contributed by atoms with van der Waals surface area (Å²) in [5, 5.41) is 8.91. The van der Waals surface area contributed by atoms with Gasteiger partial charge in [0.15, 0.2) is 0 Å². The molecule has 0 radical (unpaired) electrons. The van der Waals surface area contributed by atoms with Crippen molar-refractivity contribution in [1.29, 1.82) is 0 Å². The van der Waals surface area contributed by atoms with E-state index in [-0.39, 0.29) is 12.4 Å². The third kappa shape index (κ3) is 4.67. The molecule has 0 aromatic carbocycles. The molecule has 2 aromatic rings. The van der Waals surface area contributed by atoms with Crippen LogP contribution in [0.1, 0.15) is 23.2 Å². The van der Waals surface area contributed by atoms with Crippen LogP contribution in [0.15, 0.2) is 20.6 Å². The average molecular weight is 354 g/mol. The van der Waals surface area contributed by atoms with Crippen molar-refractivity contribution >= 4 is 51.0 Å². The summed E-state index contributed by atoms with van der Waals surface area (Å²) in [6.45, 7) is 3.89. The second-order valence-corrected chi connectivity index (χ2v) is 6.68. The smallest absolute Gasteiger partial charge is 0.0926 e. The van der Waals surface area contributed by atoms with Gasteiger partial charge in [0, 0.05) is 18.5 Å². The minimum absolute atomic E-state index is 0. The fourth-order valence-electron chi connectivity index (χ4n) is 1.37. The molecule has 0 unspecified atom stereocenters. The van der Waals surface area contributed by atoms with Gasteiger partial charge in [0.25, 0.3) is 0 Å². The van der Waals surface area contributed by atoms with Crippen LogP contribution in [0.25, 0.3) is 0 Å². The molecule has 17 heavy (non-hydrogen) atoms. The number of halogens is 2. The number of hydrogen-bond acceptors (Lipinski definition) is 4. The van der Waals surface area contributed by atoms with E-state index < -0.39 is 0 Å². The first-order chi connectivity index (χ1) is 7.78. The van der Waals surface area contributed by atoms with Gasteiger partial charge >= 0.3 is 0 Å². The Balaban J connectivity index is 0.00000144. The van der Waals surface area contributed by atoms with Crippen molar-refractivity contribution in [3.63, 3.8) is 0 Å². The van der Waals surface area contributed by atoms with Gasteiger partial charge in [0.05, 0.1) is 14.5 Å². The van der Waals surface area contributed by atoms with Crippen LogP contribution >= 0.6 is 51.0 Å². The van der Waals surface area contributed by atoms with Crippen molar-refractivity contribution in [3.05, 3.63) is 36.9 Å². The minimum Gasteiger partial charge on any atom is -0.307 e. The third-order valence-electron chi connectivity index (χ3n) is 2.16. The topological polar surface area (TPSA) is 24.9 Å². The van der Waals surface area contributed by atoms with Crippen molar-refractivity contribution in [3.8, 4) is 0 Å². The summed E-state index contributed by atoms with van der Waals surface area (Å²) in [7, 11) is 0. The van der Waals surface area contributed by atoms with Crippen LogP contribution in [0, 0.1) is 0 Å². The van der Waals surface area contributed by atoms with Gasteiger partial charge in [-0.1, -0.05) is 6.92 Å². The lowest BCUT2D eigenvalue weighted by molar-refractivity contribution is 0.682. The molecule has 0 saturated carbocycles. The fraction of sp³-hybridized carbons (Fsp3) is 0.364. The molecule has 0 amide bonds. The maximum atomic E-state index is 4.51. The third-order valence-corrected chi connectivity index (χ3v) is 4.75. The van der Waals surface area contributed by atoms with Crippen molar-refractivity contribution in [1.82, 2.24) is 10.3 Å². The lowest BCUT2D eigenvalue weighted by atomic mass is 10.3. The molecule has 2 rings (SSSR count). The number of aryl methyl sites for hydroxylation is 1. The van der Waals surface area contributed by atoms with Crippen LogP contribution in [-0.4, -0.2) is 4.98 Å². The van der Waals surface area contributed by atoms with Crippen LogP contribution in [0.2, 0.25) is 0 Å². The van der Waals surface area contributed by atoms with E-state index in [1.807, 2.05) is 0 Å². The second-order valence-electron chi connectivity index (χ2n) is 3.45. The van der Waals surface area contributed by atoms with E-state index in [1.165, 1.54) is 14.4 Å². The van der Waals surface area contributed by atoms with Crippen molar-refractivity contribution < 1.29 is 0 Å². The van der Waals surface area contributed by atoms with Gasteiger partial charge in [-0.3, -0.25) is 0 Å². The lowest BCUT2D eigenvalue weighted by Gasteiger charge is -1.99. The zero-order valence-electron chi connectivity index (χ0n) is 9.40. The highest BCUT2D eigenvalue weighted by Crippen LogP contribution is 2.20. The molecule has 94 valence electrons. The number of hydrogen-bond donors (Lipinski definition) is 1. The van der Waals surface area contributed by atoms with E-state index in [2.05, 4.69) is 50.0 Å². The van der Waals surface area contributed by atoms with Gasteiger partial charge in [-0.05, 0) is 39.4 Å². The maximum absolute atomic E-state index is 4.51. The molecule has 0 saturated heterocycles. The molecule has 6 heteroatoms. The van der Waals surface area contributed by atoms with E-state index in [1.54, 1.807) is 22.7 Å². The summed E-state index contributed by atoms with van der Waals surface area (Å²) < 4.78 is 1.19. The second kappa shape index (κ2) is 7.48. The SMILES string of the molecule is CCc1nc(CNCc2csc(Br)c2)cs1.Cl. The van der Waals surface area contributed by atoms with Crippen molar-refractivity contribution in [2.75, 3.05) is 0 Å². The van der Waals surface area contributed by atoms with E-state index in [4.69, 9.17) is 0 Å². The lowest BCUT2D eigenvalue weighted by Crippen LogP contribution is -2.12. The average Bonchev–Trinajstić information content (AvgIpc) is 2.88. The van der Waals surface area contributed by atoms with Crippen LogP contribution in [0.4, 0.5) is 0 Å². The molecule has 1 N–H and O–H groups in total. The molecule has 0 atom stereocenters. The van der Waals surface area contributed by atoms with E-state index in [0.717, 1.165) is 25.2 Å². The molecule has 0 aliphatic rings. The molecule has 0 bridgehead atoms. The number of thiophene rings is 1. The molecule has 0 aliphatic heterocycles. The quantitative estimate of drug-likeness (QED) is 0.869. The van der Waals surface area contributed by atoms with Crippen LogP contribution in [0.5, 0.6) is 0 Å². The molecule has 0 fully saturated rings. The number of thiazole rings is 1. The monoisotopic (exact) mass is 352 g/mol. The Morgan fingerprint density at radius 1 is 1.29 bits per heavy atom. The van der Waals surface area contributed by atoms with E-state index >= 15 is 0 Å². The summed E-state index contributed by atoms with van der Waals surface area (Å²) in [5.41, 5.74) is 2.47. The molecular formula is C11H14BrClN2S2. The zero-order valence-corrected chi connectivity index (χ0v) is 13.4. The molecule has 0 aliphatic carbocycles. The Morgan fingerprint density at radius 2 is 2.12 bits per heavy atom. The summed E-state index contributed by atoms with van der Waals surface area (Å²) in [6.07, 6.45) is 1.03. The standard InChI is InChI=1S/C11H13BrN2S2.ClH/c1-2-11-14-9(7-16-11)5-13-4-8-3-10(12)15-6-8;/h3,6-7,13H,2,4-5H2,1H3;1H. The molecule has 2 nitrogen and oxygen atoms in total. The highest BCUT2D eigenvalue weighted by molar-refractivity contribution is 9.11. The first-order valence-electron chi connectivity index (χ1n) is 5.15. The Kier molecular flexibility index (Phi) is 6.66.